The largest absolute Gasteiger partial charge is 0.497 e. The molecule has 4 rings (SSSR count). The molecule has 0 fully saturated rings. The highest BCUT2D eigenvalue weighted by molar-refractivity contribution is 6.36. The molecule has 0 radical (unpaired) electrons. The number of ether oxygens (including phenoxy) is 2. The summed E-state index contributed by atoms with van der Waals surface area (Å²) < 4.78 is 10.6. The van der Waals surface area contributed by atoms with E-state index in [1.165, 1.54) is 0 Å². The smallest absolute Gasteiger partial charge is 0.138 e. The van der Waals surface area contributed by atoms with Gasteiger partial charge >= 0.3 is 0 Å². The van der Waals surface area contributed by atoms with E-state index in [4.69, 9.17) is 37.7 Å². The van der Waals surface area contributed by atoms with Crippen LogP contribution in [0.3, 0.4) is 0 Å². The van der Waals surface area contributed by atoms with Crippen LogP contribution in [0.2, 0.25) is 10.0 Å². The van der Waals surface area contributed by atoms with Crippen molar-refractivity contribution >= 4 is 23.2 Å². The second-order valence-corrected chi connectivity index (χ2v) is 7.65. The van der Waals surface area contributed by atoms with Gasteiger partial charge in [-0.15, -0.1) is 0 Å². The molecular formula is C24H20Cl2N2O2. The molecule has 0 saturated carbocycles. The van der Waals surface area contributed by atoms with Gasteiger partial charge in [0.05, 0.1) is 25.6 Å². The third kappa shape index (κ3) is 3.89. The molecule has 0 aliphatic rings. The highest BCUT2D eigenvalue weighted by atomic mass is 35.5. The van der Waals surface area contributed by atoms with Gasteiger partial charge in [-0.25, -0.2) is 4.98 Å². The lowest BCUT2D eigenvalue weighted by Crippen LogP contribution is -1.87. The van der Waals surface area contributed by atoms with Crippen molar-refractivity contribution in [1.82, 2.24) is 9.97 Å². The molecule has 4 nitrogen and oxygen atoms in total. The Morgan fingerprint density at radius 1 is 0.733 bits per heavy atom. The van der Waals surface area contributed by atoms with E-state index in [1.54, 1.807) is 14.2 Å². The average molecular weight is 439 g/mol. The van der Waals surface area contributed by atoms with Crippen LogP contribution in [0.5, 0.6) is 11.5 Å². The lowest BCUT2D eigenvalue weighted by Gasteiger charge is -2.06. The number of benzene rings is 3. The molecule has 30 heavy (non-hydrogen) atoms. The van der Waals surface area contributed by atoms with Crippen molar-refractivity contribution in [2.24, 2.45) is 0 Å². The van der Waals surface area contributed by atoms with Gasteiger partial charge in [0.2, 0.25) is 0 Å². The Morgan fingerprint density at radius 2 is 1.23 bits per heavy atom. The quantitative estimate of drug-likeness (QED) is 0.363. The number of halogens is 2. The van der Waals surface area contributed by atoms with Crippen molar-refractivity contribution in [3.8, 4) is 45.4 Å². The summed E-state index contributed by atoms with van der Waals surface area (Å²) in [6, 6.07) is 19.4. The summed E-state index contributed by atoms with van der Waals surface area (Å²) in [4.78, 5) is 8.34. The van der Waals surface area contributed by atoms with E-state index >= 15 is 0 Å². The Morgan fingerprint density at radius 3 is 1.73 bits per heavy atom. The molecule has 0 aliphatic heterocycles. The van der Waals surface area contributed by atoms with Crippen LogP contribution in [0, 0.1) is 6.92 Å². The molecule has 0 amide bonds. The Bertz CT molecular complexity index is 1100. The van der Waals surface area contributed by atoms with E-state index in [-0.39, 0.29) is 0 Å². The predicted octanol–water partition coefficient (Wildman–Crippen LogP) is 7.04. The van der Waals surface area contributed by atoms with Crippen molar-refractivity contribution in [2.75, 3.05) is 14.2 Å². The van der Waals surface area contributed by atoms with Gasteiger partial charge < -0.3 is 14.5 Å². The van der Waals surface area contributed by atoms with Crippen LogP contribution in [0.1, 0.15) is 5.56 Å². The Labute approximate surface area is 185 Å². The average Bonchev–Trinajstić information content (AvgIpc) is 3.22. The Kier molecular flexibility index (Phi) is 5.71. The molecule has 0 unspecified atom stereocenters. The number of H-pyrrole nitrogens is 1. The molecule has 152 valence electrons. The Balaban J connectivity index is 1.88. The van der Waals surface area contributed by atoms with E-state index < -0.39 is 0 Å². The lowest BCUT2D eigenvalue weighted by atomic mass is 10.0. The molecule has 0 saturated heterocycles. The zero-order valence-electron chi connectivity index (χ0n) is 16.8. The van der Waals surface area contributed by atoms with E-state index in [1.807, 2.05) is 67.6 Å². The number of methoxy groups -OCH3 is 2. The Hall–Kier alpha value is -2.95. The summed E-state index contributed by atoms with van der Waals surface area (Å²) >= 11 is 12.7. The number of nitrogens with zero attached hydrogens (tertiary/aromatic N) is 1. The SMILES string of the molecule is COc1ccc(-c2nc(-c3cc(Cl)c(C)c(Cl)c3)[nH]c2-c2ccc(OC)cc2)cc1. The topological polar surface area (TPSA) is 47.1 Å². The fourth-order valence-electron chi connectivity index (χ4n) is 3.22. The van der Waals surface area contributed by atoms with Crippen molar-refractivity contribution < 1.29 is 9.47 Å². The maximum atomic E-state index is 6.36. The van der Waals surface area contributed by atoms with Crippen molar-refractivity contribution in [2.45, 2.75) is 6.92 Å². The molecule has 3 aromatic carbocycles. The fourth-order valence-corrected chi connectivity index (χ4v) is 3.70. The normalized spacial score (nSPS) is 10.8. The molecule has 1 N–H and O–H groups in total. The van der Waals surface area contributed by atoms with E-state index in [9.17, 15) is 0 Å². The van der Waals surface area contributed by atoms with Gasteiger partial charge in [-0.1, -0.05) is 23.2 Å². The third-order valence-corrected chi connectivity index (χ3v) is 5.79. The molecule has 1 aromatic heterocycles. The molecule has 1 heterocycles. The minimum atomic E-state index is 0.603. The first-order chi connectivity index (χ1) is 14.5. The molecule has 4 aromatic rings. The highest BCUT2D eigenvalue weighted by Gasteiger charge is 2.17. The number of imidazole rings is 1. The number of hydrogen-bond acceptors (Lipinski definition) is 3. The van der Waals surface area contributed by atoms with Crippen LogP contribution >= 0.6 is 23.2 Å². The number of rotatable bonds is 5. The summed E-state index contributed by atoms with van der Waals surface area (Å²) in [6.45, 7) is 1.89. The van der Waals surface area contributed by atoms with Gasteiger partial charge in [0.25, 0.3) is 0 Å². The minimum Gasteiger partial charge on any atom is -0.497 e. The summed E-state index contributed by atoms with van der Waals surface area (Å²) in [6.07, 6.45) is 0. The van der Waals surface area contributed by atoms with E-state index in [0.29, 0.717) is 15.9 Å². The number of nitrogens with one attached hydrogen (secondary N) is 1. The van der Waals surface area contributed by atoms with Gasteiger partial charge in [0.15, 0.2) is 0 Å². The van der Waals surface area contributed by atoms with Crippen LogP contribution in [-0.4, -0.2) is 24.2 Å². The monoisotopic (exact) mass is 438 g/mol. The van der Waals surface area contributed by atoms with Crippen LogP contribution in [0.25, 0.3) is 33.9 Å². The molecule has 6 heteroatoms. The fraction of sp³-hybridized carbons (Fsp3) is 0.125. The third-order valence-electron chi connectivity index (χ3n) is 5.00. The summed E-state index contributed by atoms with van der Waals surface area (Å²) in [5, 5.41) is 1.21. The number of hydrogen-bond donors (Lipinski definition) is 1. The lowest BCUT2D eigenvalue weighted by molar-refractivity contribution is 0.414. The van der Waals surface area contributed by atoms with Crippen molar-refractivity contribution in [3.63, 3.8) is 0 Å². The summed E-state index contributed by atoms with van der Waals surface area (Å²) in [5.41, 5.74) is 5.35. The first-order valence-electron chi connectivity index (χ1n) is 9.35. The minimum absolute atomic E-state index is 0.603. The van der Waals surface area contributed by atoms with E-state index in [0.717, 1.165) is 45.1 Å². The van der Waals surface area contributed by atoms with Gasteiger partial charge in [-0.2, -0.15) is 0 Å². The zero-order valence-corrected chi connectivity index (χ0v) is 18.3. The van der Waals surface area contributed by atoms with Gasteiger partial charge in [0.1, 0.15) is 17.3 Å². The van der Waals surface area contributed by atoms with Crippen LogP contribution in [0.15, 0.2) is 60.7 Å². The van der Waals surface area contributed by atoms with Crippen LogP contribution in [-0.2, 0) is 0 Å². The second kappa shape index (κ2) is 8.42. The zero-order chi connectivity index (χ0) is 21.3. The molecular weight excluding hydrogens is 419 g/mol. The van der Waals surface area contributed by atoms with Crippen molar-refractivity contribution in [1.29, 1.82) is 0 Å². The molecule has 0 bridgehead atoms. The van der Waals surface area contributed by atoms with E-state index in [2.05, 4.69) is 4.98 Å². The maximum Gasteiger partial charge on any atom is 0.138 e. The highest BCUT2D eigenvalue weighted by Crippen LogP contribution is 2.36. The summed E-state index contributed by atoms with van der Waals surface area (Å²) in [5.74, 6) is 2.27. The first kappa shape index (κ1) is 20.3. The standard InChI is InChI=1S/C24H20Cl2N2O2/c1-14-20(25)12-17(13-21(14)26)24-27-22(15-4-8-18(29-2)9-5-15)23(28-24)16-6-10-19(30-3)11-7-16/h4-13H,1-3H3,(H,27,28). The molecule has 0 spiro atoms. The van der Waals surface area contributed by atoms with Gasteiger partial charge in [0, 0.05) is 26.7 Å². The van der Waals surface area contributed by atoms with Gasteiger partial charge in [-0.05, 0) is 73.2 Å². The molecule has 0 atom stereocenters. The van der Waals surface area contributed by atoms with Gasteiger partial charge in [-0.3, -0.25) is 0 Å². The number of aromatic amines is 1. The first-order valence-corrected chi connectivity index (χ1v) is 10.1. The molecule has 0 aliphatic carbocycles. The second-order valence-electron chi connectivity index (χ2n) is 6.83. The van der Waals surface area contributed by atoms with Crippen molar-refractivity contribution in [3.05, 3.63) is 76.3 Å². The predicted molar refractivity (Wildman–Crippen MR) is 123 cm³/mol. The number of aromatic nitrogens is 2. The maximum absolute atomic E-state index is 6.36. The summed E-state index contributed by atoms with van der Waals surface area (Å²) in [7, 11) is 3.30. The van der Waals surface area contributed by atoms with Crippen LogP contribution < -0.4 is 9.47 Å². The van der Waals surface area contributed by atoms with Crippen LogP contribution in [0.4, 0.5) is 0 Å².